The number of aryl methyl sites for hydroxylation is 1. The minimum Gasteiger partial charge on any atom is -0.356 e. The van der Waals surface area contributed by atoms with Gasteiger partial charge in [-0.15, -0.1) is 0 Å². The van der Waals surface area contributed by atoms with Crippen molar-refractivity contribution in [2.75, 3.05) is 33.2 Å². The van der Waals surface area contributed by atoms with Crippen molar-refractivity contribution in [3.63, 3.8) is 0 Å². The number of hydrogen-bond donors (Lipinski definition) is 2. The molecule has 0 aliphatic carbocycles. The monoisotopic (exact) mass is 306 g/mol. The van der Waals surface area contributed by atoms with Crippen molar-refractivity contribution in [3.05, 3.63) is 18.0 Å². The number of piperidine rings is 1. The SMILES string of the molecule is CCN1CCC(CCNC(=NC)NCc2ccnn2C)CC1. The van der Waals surface area contributed by atoms with Crippen LogP contribution < -0.4 is 10.6 Å². The molecule has 0 unspecified atom stereocenters. The minimum absolute atomic E-state index is 0.741. The summed E-state index contributed by atoms with van der Waals surface area (Å²) >= 11 is 0. The van der Waals surface area contributed by atoms with Gasteiger partial charge in [0.1, 0.15) is 0 Å². The maximum Gasteiger partial charge on any atom is 0.191 e. The summed E-state index contributed by atoms with van der Waals surface area (Å²) in [7, 11) is 3.77. The first-order valence-corrected chi connectivity index (χ1v) is 8.36. The van der Waals surface area contributed by atoms with E-state index >= 15 is 0 Å². The third-order valence-corrected chi connectivity index (χ3v) is 4.58. The molecule has 124 valence electrons. The predicted molar refractivity (Wildman–Crippen MR) is 90.9 cm³/mol. The molecule has 0 radical (unpaired) electrons. The highest BCUT2D eigenvalue weighted by atomic mass is 15.3. The standard InChI is InChI=1S/C16H30N6/c1-4-22-11-7-14(8-12-22)5-9-18-16(17-2)19-13-15-6-10-20-21(15)3/h6,10,14H,4-5,7-9,11-13H2,1-3H3,(H2,17,18,19). The van der Waals surface area contributed by atoms with Crippen molar-refractivity contribution in [2.45, 2.75) is 32.7 Å². The number of likely N-dealkylation sites (tertiary alicyclic amines) is 1. The Morgan fingerprint density at radius 3 is 2.73 bits per heavy atom. The molecular weight excluding hydrogens is 276 g/mol. The number of aliphatic imine (C=N–C) groups is 1. The summed E-state index contributed by atoms with van der Waals surface area (Å²) in [6.07, 6.45) is 5.70. The molecule has 1 fully saturated rings. The van der Waals surface area contributed by atoms with Crippen LogP contribution in [0.3, 0.4) is 0 Å². The summed E-state index contributed by atoms with van der Waals surface area (Å²) in [4.78, 5) is 6.82. The maximum atomic E-state index is 4.28. The molecule has 1 aromatic heterocycles. The highest BCUT2D eigenvalue weighted by Gasteiger charge is 2.17. The number of rotatable bonds is 6. The molecule has 0 saturated carbocycles. The molecular formula is C16H30N6. The Kier molecular flexibility index (Phi) is 6.71. The van der Waals surface area contributed by atoms with E-state index in [0.717, 1.165) is 30.7 Å². The summed E-state index contributed by atoms with van der Waals surface area (Å²) in [6.45, 7) is 7.69. The largest absolute Gasteiger partial charge is 0.356 e. The van der Waals surface area contributed by atoms with Gasteiger partial charge in [0, 0.05) is 26.8 Å². The molecule has 2 N–H and O–H groups in total. The zero-order valence-electron chi connectivity index (χ0n) is 14.2. The fourth-order valence-electron chi connectivity index (χ4n) is 2.96. The van der Waals surface area contributed by atoms with Gasteiger partial charge in [-0.2, -0.15) is 5.10 Å². The van der Waals surface area contributed by atoms with Gasteiger partial charge in [-0.1, -0.05) is 6.92 Å². The van der Waals surface area contributed by atoms with E-state index in [0.29, 0.717) is 0 Å². The fourth-order valence-corrected chi connectivity index (χ4v) is 2.96. The first-order chi connectivity index (χ1) is 10.7. The number of guanidine groups is 1. The molecule has 6 nitrogen and oxygen atoms in total. The molecule has 0 spiro atoms. The molecule has 1 saturated heterocycles. The van der Waals surface area contributed by atoms with E-state index in [-0.39, 0.29) is 0 Å². The van der Waals surface area contributed by atoms with E-state index in [1.807, 2.05) is 31.0 Å². The normalized spacial score (nSPS) is 17.7. The Bertz CT molecular complexity index is 459. The summed E-state index contributed by atoms with van der Waals surface area (Å²) in [5, 5.41) is 10.9. The quantitative estimate of drug-likeness (QED) is 0.613. The Labute approximate surface area is 134 Å². The van der Waals surface area contributed by atoms with Crippen LogP contribution in [0.4, 0.5) is 0 Å². The Morgan fingerprint density at radius 1 is 1.36 bits per heavy atom. The van der Waals surface area contributed by atoms with Crippen LogP contribution in [0.25, 0.3) is 0 Å². The van der Waals surface area contributed by atoms with E-state index in [1.54, 1.807) is 0 Å². The number of nitrogens with zero attached hydrogens (tertiary/aromatic N) is 4. The van der Waals surface area contributed by atoms with E-state index < -0.39 is 0 Å². The summed E-state index contributed by atoms with van der Waals surface area (Å²) in [5.41, 5.74) is 1.15. The lowest BCUT2D eigenvalue weighted by Crippen LogP contribution is -2.39. The first kappa shape index (κ1) is 16.8. The van der Waals surface area contributed by atoms with Crippen molar-refractivity contribution in [2.24, 2.45) is 18.0 Å². The average Bonchev–Trinajstić information content (AvgIpc) is 2.96. The van der Waals surface area contributed by atoms with Crippen LogP contribution in [0.5, 0.6) is 0 Å². The Hall–Kier alpha value is -1.56. The average molecular weight is 306 g/mol. The van der Waals surface area contributed by atoms with Crippen LogP contribution in [-0.2, 0) is 13.6 Å². The van der Waals surface area contributed by atoms with Crippen LogP contribution in [0.15, 0.2) is 17.3 Å². The number of nitrogens with one attached hydrogen (secondary N) is 2. The summed E-state index contributed by atoms with van der Waals surface area (Å²) < 4.78 is 1.88. The lowest BCUT2D eigenvalue weighted by Gasteiger charge is -2.31. The van der Waals surface area contributed by atoms with Gasteiger partial charge < -0.3 is 15.5 Å². The van der Waals surface area contributed by atoms with Crippen LogP contribution in [0.2, 0.25) is 0 Å². The smallest absolute Gasteiger partial charge is 0.191 e. The van der Waals surface area contributed by atoms with Crippen LogP contribution in [0, 0.1) is 5.92 Å². The third-order valence-electron chi connectivity index (χ3n) is 4.58. The zero-order chi connectivity index (χ0) is 15.8. The predicted octanol–water partition coefficient (Wildman–Crippen LogP) is 1.21. The second-order valence-corrected chi connectivity index (χ2v) is 5.97. The molecule has 6 heteroatoms. The number of hydrogen-bond acceptors (Lipinski definition) is 3. The van der Waals surface area contributed by atoms with Crippen molar-refractivity contribution in [1.29, 1.82) is 0 Å². The third kappa shape index (κ3) is 5.02. The second-order valence-electron chi connectivity index (χ2n) is 5.97. The number of aromatic nitrogens is 2. The molecule has 1 aromatic rings. The van der Waals surface area contributed by atoms with Gasteiger partial charge in [-0.3, -0.25) is 9.67 Å². The molecule has 2 heterocycles. The molecule has 22 heavy (non-hydrogen) atoms. The molecule has 0 bridgehead atoms. The molecule has 1 aliphatic heterocycles. The van der Waals surface area contributed by atoms with Gasteiger partial charge in [-0.25, -0.2) is 0 Å². The lowest BCUT2D eigenvalue weighted by molar-refractivity contribution is 0.187. The Morgan fingerprint density at radius 2 is 2.14 bits per heavy atom. The first-order valence-electron chi connectivity index (χ1n) is 8.36. The zero-order valence-corrected chi connectivity index (χ0v) is 14.2. The van der Waals surface area contributed by atoms with Crippen molar-refractivity contribution >= 4 is 5.96 Å². The molecule has 1 aliphatic rings. The summed E-state index contributed by atoms with van der Waals surface area (Å²) in [6, 6.07) is 2.02. The minimum atomic E-state index is 0.741. The van der Waals surface area contributed by atoms with E-state index in [9.17, 15) is 0 Å². The summed E-state index contributed by atoms with van der Waals surface area (Å²) in [5.74, 6) is 1.72. The van der Waals surface area contributed by atoms with Gasteiger partial charge >= 0.3 is 0 Å². The van der Waals surface area contributed by atoms with Crippen molar-refractivity contribution in [1.82, 2.24) is 25.3 Å². The van der Waals surface area contributed by atoms with Crippen LogP contribution >= 0.6 is 0 Å². The second kappa shape index (κ2) is 8.78. The van der Waals surface area contributed by atoms with E-state index in [2.05, 4.69) is 32.5 Å². The van der Waals surface area contributed by atoms with Gasteiger partial charge in [0.25, 0.3) is 0 Å². The van der Waals surface area contributed by atoms with Gasteiger partial charge in [0.15, 0.2) is 5.96 Å². The molecule has 0 amide bonds. The van der Waals surface area contributed by atoms with Crippen molar-refractivity contribution in [3.8, 4) is 0 Å². The van der Waals surface area contributed by atoms with Crippen LogP contribution in [0.1, 0.15) is 31.9 Å². The molecule has 0 atom stereocenters. The van der Waals surface area contributed by atoms with E-state index in [4.69, 9.17) is 0 Å². The lowest BCUT2D eigenvalue weighted by atomic mass is 9.93. The highest BCUT2D eigenvalue weighted by molar-refractivity contribution is 5.79. The van der Waals surface area contributed by atoms with Crippen molar-refractivity contribution < 1.29 is 0 Å². The topological polar surface area (TPSA) is 57.5 Å². The molecule has 2 rings (SSSR count). The van der Waals surface area contributed by atoms with E-state index in [1.165, 1.54) is 38.9 Å². The van der Waals surface area contributed by atoms with Crippen LogP contribution in [-0.4, -0.2) is 53.9 Å². The fraction of sp³-hybridized carbons (Fsp3) is 0.750. The van der Waals surface area contributed by atoms with Gasteiger partial charge in [0.2, 0.25) is 0 Å². The molecule has 0 aromatic carbocycles. The maximum absolute atomic E-state index is 4.28. The van der Waals surface area contributed by atoms with Gasteiger partial charge in [0.05, 0.1) is 12.2 Å². The Balaban J connectivity index is 1.63. The van der Waals surface area contributed by atoms with Gasteiger partial charge in [-0.05, 0) is 50.9 Å². The highest BCUT2D eigenvalue weighted by Crippen LogP contribution is 2.19.